The molecule has 1 aliphatic rings. The van der Waals surface area contributed by atoms with Crippen molar-refractivity contribution in [3.63, 3.8) is 0 Å². The fourth-order valence-electron chi connectivity index (χ4n) is 2.87. The van der Waals surface area contributed by atoms with Crippen LogP contribution in [0.2, 0.25) is 0 Å². The summed E-state index contributed by atoms with van der Waals surface area (Å²) in [5.74, 6) is -0.774. The molecule has 1 aromatic carbocycles. The number of hydrogen-bond acceptors (Lipinski definition) is 4. The highest BCUT2D eigenvalue weighted by Gasteiger charge is 2.27. The molecule has 7 heteroatoms. The molecule has 0 spiro atoms. The van der Waals surface area contributed by atoms with Crippen LogP contribution in [0.15, 0.2) is 18.2 Å². The van der Waals surface area contributed by atoms with Gasteiger partial charge in [-0.2, -0.15) is 0 Å². The molecule has 2 rings (SSSR count). The van der Waals surface area contributed by atoms with Gasteiger partial charge in [-0.3, -0.25) is 0 Å². The van der Waals surface area contributed by atoms with Gasteiger partial charge in [0.2, 0.25) is 0 Å². The summed E-state index contributed by atoms with van der Waals surface area (Å²) in [6, 6.07) is 4.37. The Kier molecular flexibility index (Phi) is 5.66. The molecule has 2 amide bonds. The van der Waals surface area contributed by atoms with Crippen LogP contribution >= 0.6 is 0 Å². The maximum atomic E-state index is 12.4. The van der Waals surface area contributed by atoms with E-state index in [2.05, 4.69) is 5.32 Å². The Bertz CT molecular complexity index is 609. The van der Waals surface area contributed by atoms with Crippen LogP contribution in [0.1, 0.15) is 42.7 Å². The van der Waals surface area contributed by atoms with Gasteiger partial charge in [0.15, 0.2) is 0 Å². The summed E-state index contributed by atoms with van der Waals surface area (Å²) in [5, 5.41) is 12.2. The topological polar surface area (TPSA) is 88.1 Å². The van der Waals surface area contributed by atoms with Crippen LogP contribution in [-0.4, -0.2) is 54.4 Å². The molecule has 1 heterocycles. The van der Waals surface area contributed by atoms with Gasteiger partial charge in [-0.15, -0.1) is 0 Å². The molecule has 132 valence electrons. The molecule has 2 N–H and O–H groups in total. The second-order valence-electron chi connectivity index (χ2n) is 6.10. The monoisotopic (exact) mass is 336 g/mol. The second kappa shape index (κ2) is 7.53. The zero-order valence-electron chi connectivity index (χ0n) is 14.4. The first-order valence-corrected chi connectivity index (χ1v) is 7.94. The van der Waals surface area contributed by atoms with Gasteiger partial charge < -0.3 is 24.8 Å². The van der Waals surface area contributed by atoms with E-state index < -0.39 is 5.97 Å². The van der Waals surface area contributed by atoms with Crippen LogP contribution in [0.4, 0.5) is 4.79 Å². The molecule has 1 saturated heterocycles. The number of nitrogens with one attached hydrogen (secondary N) is 1. The summed E-state index contributed by atoms with van der Waals surface area (Å²) >= 11 is 0. The van der Waals surface area contributed by atoms with Gasteiger partial charge in [0.1, 0.15) is 11.3 Å². The van der Waals surface area contributed by atoms with Gasteiger partial charge in [-0.1, -0.05) is 6.07 Å². The minimum Gasteiger partial charge on any atom is -0.496 e. The summed E-state index contributed by atoms with van der Waals surface area (Å²) in [4.78, 5) is 25.5. The van der Waals surface area contributed by atoms with Crippen molar-refractivity contribution >= 4 is 12.0 Å². The van der Waals surface area contributed by atoms with Crippen molar-refractivity contribution < 1.29 is 24.2 Å². The lowest BCUT2D eigenvalue weighted by molar-refractivity contribution is -0.0547. The quantitative estimate of drug-likeness (QED) is 0.880. The van der Waals surface area contributed by atoms with Crippen LogP contribution in [-0.2, 0) is 4.74 Å². The Hall–Kier alpha value is -2.28. The van der Waals surface area contributed by atoms with E-state index >= 15 is 0 Å². The maximum Gasteiger partial charge on any atom is 0.339 e. The van der Waals surface area contributed by atoms with Gasteiger partial charge in [0, 0.05) is 13.1 Å². The normalized spacial score (nSPS) is 21.9. The molecule has 1 aromatic rings. The summed E-state index contributed by atoms with van der Waals surface area (Å²) in [6.07, 6.45) is -0.0104. The van der Waals surface area contributed by atoms with Crippen molar-refractivity contribution in [2.45, 2.75) is 39.0 Å². The average molecular weight is 336 g/mol. The third-order valence-electron chi connectivity index (χ3n) is 4.00. The SMILES string of the molecule is COc1ccc([C@H](C)NC(=O)N2C[C@@H](C)O[C@@H](C)C2)cc1C(=O)O. The predicted molar refractivity (Wildman–Crippen MR) is 88.5 cm³/mol. The molecule has 1 fully saturated rings. The van der Waals surface area contributed by atoms with Crippen molar-refractivity contribution in [2.24, 2.45) is 0 Å². The number of benzene rings is 1. The van der Waals surface area contributed by atoms with E-state index in [0.717, 1.165) is 0 Å². The molecular formula is C17H24N2O5. The van der Waals surface area contributed by atoms with Gasteiger partial charge in [-0.25, -0.2) is 9.59 Å². The molecule has 0 saturated carbocycles. The average Bonchev–Trinajstić information content (AvgIpc) is 2.53. The van der Waals surface area contributed by atoms with E-state index in [1.807, 2.05) is 20.8 Å². The number of ether oxygens (including phenoxy) is 2. The lowest BCUT2D eigenvalue weighted by Gasteiger charge is -2.36. The number of carbonyl (C=O) groups excluding carboxylic acids is 1. The summed E-state index contributed by atoms with van der Waals surface area (Å²) in [5.41, 5.74) is 0.778. The largest absolute Gasteiger partial charge is 0.496 e. The number of carbonyl (C=O) groups is 2. The molecule has 0 radical (unpaired) electrons. The first-order valence-electron chi connectivity index (χ1n) is 7.94. The molecular weight excluding hydrogens is 312 g/mol. The highest BCUT2D eigenvalue weighted by atomic mass is 16.5. The summed E-state index contributed by atoms with van der Waals surface area (Å²) in [7, 11) is 1.42. The van der Waals surface area contributed by atoms with Crippen molar-refractivity contribution in [2.75, 3.05) is 20.2 Å². The van der Waals surface area contributed by atoms with Crippen LogP contribution < -0.4 is 10.1 Å². The van der Waals surface area contributed by atoms with E-state index in [0.29, 0.717) is 24.4 Å². The molecule has 1 aliphatic heterocycles. The Morgan fingerprint density at radius 1 is 1.33 bits per heavy atom. The zero-order chi connectivity index (χ0) is 17.9. The van der Waals surface area contributed by atoms with Crippen molar-refractivity contribution in [1.82, 2.24) is 10.2 Å². The standard InChI is InChI=1S/C17H24N2O5/c1-10-8-19(9-11(2)24-10)17(22)18-12(3)13-5-6-15(23-4)14(7-13)16(20)21/h5-7,10-12H,8-9H2,1-4H3,(H,18,22)(H,20,21)/t10-,11+,12-/m0/s1. The number of methoxy groups -OCH3 is 1. The van der Waals surface area contributed by atoms with Crippen molar-refractivity contribution in [1.29, 1.82) is 0 Å². The van der Waals surface area contributed by atoms with E-state index in [1.54, 1.807) is 17.0 Å². The fraction of sp³-hybridized carbons (Fsp3) is 0.529. The first kappa shape index (κ1) is 18.1. The third kappa shape index (κ3) is 4.17. The second-order valence-corrected chi connectivity index (χ2v) is 6.10. The fourth-order valence-corrected chi connectivity index (χ4v) is 2.87. The Morgan fingerprint density at radius 2 is 1.96 bits per heavy atom. The van der Waals surface area contributed by atoms with E-state index in [4.69, 9.17) is 9.47 Å². The number of amides is 2. The van der Waals surface area contributed by atoms with Gasteiger partial charge >= 0.3 is 12.0 Å². The summed E-state index contributed by atoms with van der Waals surface area (Å²) in [6.45, 7) is 6.75. The van der Waals surface area contributed by atoms with E-state index in [1.165, 1.54) is 13.2 Å². The lowest BCUT2D eigenvalue weighted by Crippen LogP contribution is -2.52. The number of morpholine rings is 1. The Labute approximate surface area is 141 Å². The van der Waals surface area contributed by atoms with Crippen LogP contribution in [0.5, 0.6) is 5.75 Å². The number of carboxylic acid groups (broad SMARTS) is 1. The number of nitrogens with zero attached hydrogens (tertiary/aromatic N) is 1. The van der Waals surface area contributed by atoms with Crippen molar-refractivity contribution in [3.8, 4) is 5.75 Å². The predicted octanol–water partition coefficient (Wildman–Crippen LogP) is 2.27. The zero-order valence-corrected chi connectivity index (χ0v) is 14.4. The first-order chi connectivity index (χ1) is 11.3. The molecule has 7 nitrogen and oxygen atoms in total. The number of aromatic carboxylic acids is 1. The summed E-state index contributed by atoms with van der Waals surface area (Å²) < 4.78 is 10.7. The highest BCUT2D eigenvalue weighted by molar-refractivity contribution is 5.91. The Balaban J connectivity index is 2.09. The number of rotatable bonds is 4. The lowest BCUT2D eigenvalue weighted by atomic mass is 10.0. The van der Waals surface area contributed by atoms with Gasteiger partial charge in [-0.05, 0) is 38.5 Å². The number of carboxylic acids is 1. The molecule has 0 aromatic heterocycles. The van der Waals surface area contributed by atoms with E-state index in [-0.39, 0.29) is 29.8 Å². The molecule has 0 unspecified atom stereocenters. The Morgan fingerprint density at radius 3 is 2.50 bits per heavy atom. The van der Waals surface area contributed by atoms with Gasteiger partial charge in [0.05, 0.1) is 25.4 Å². The van der Waals surface area contributed by atoms with Crippen molar-refractivity contribution in [3.05, 3.63) is 29.3 Å². The third-order valence-corrected chi connectivity index (χ3v) is 4.00. The minimum atomic E-state index is -1.07. The molecule has 24 heavy (non-hydrogen) atoms. The number of urea groups is 1. The maximum absolute atomic E-state index is 12.4. The van der Waals surface area contributed by atoms with Gasteiger partial charge in [0.25, 0.3) is 0 Å². The molecule has 3 atom stereocenters. The minimum absolute atomic E-state index is 0.00518. The number of hydrogen-bond donors (Lipinski definition) is 2. The molecule has 0 aliphatic carbocycles. The smallest absolute Gasteiger partial charge is 0.339 e. The highest BCUT2D eigenvalue weighted by Crippen LogP contribution is 2.23. The van der Waals surface area contributed by atoms with Crippen LogP contribution in [0, 0.1) is 0 Å². The van der Waals surface area contributed by atoms with Crippen LogP contribution in [0.3, 0.4) is 0 Å². The molecule has 0 bridgehead atoms. The van der Waals surface area contributed by atoms with E-state index in [9.17, 15) is 14.7 Å². The van der Waals surface area contributed by atoms with Crippen LogP contribution in [0.25, 0.3) is 0 Å².